The topological polar surface area (TPSA) is 35.6 Å². The molecular weight excluding hydrogens is 354 g/mol. The van der Waals surface area contributed by atoms with E-state index in [1.165, 1.54) is 5.69 Å². The van der Waals surface area contributed by atoms with Gasteiger partial charge in [0, 0.05) is 42.0 Å². The lowest BCUT2D eigenvalue weighted by Gasteiger charge is -2.36. The highest BCUT2D eigenvalue weighted by atomic mass is 79.9. The maximum absolute atomic E-state index is 12.4. The molecule has 120 valence electrons. The standard InChI is InChI=1S/C18H20BrN3O/c1-14-13-15(19)7-8-17(14)20-18(23)22-11-9-21(10-12-22)16-5-3-2-4-6-16/h2-8,13H,9-12H2,1H3,(H,20,23). The van der Waals surface area contributed by atoms with E-state index >= 15 is 0 Å². The maximum atomic E-state index is 12.4. The van der Waals surface area contributed by atoms with Crippen LogP contribution in [0.3, 0.4) is 0 Å². The summed E-state index contributed by atoms with van der Waals surface area (Å²) in [6, 6.07) is 16.2. The Kier molecular flexibility index (Phi) is 4.86. The molecule has 1 heterocycles. The number of anilines is 2. The summed E-state index contributed by atoms with van der Waals surface area (Å²) < 4.78 is 1.02. The monoisotopic (exact) mass is 373 g/mol. The fraction of sp³-hybridized carbons (Fsp3) is 0.278. The van der Waals surface area contributed by atoms with Crippen LogP contribution < -0.4 is 10.2 Å². The van der Waals surface area contributed by atoms with Crippen LogP contribution in [0.1, 0.15) is 5.56 Å². The predicted molar refractivity (Wildman–Crippen MR) is 98.1 cm³/mol. The van der Waals surface area contributed by atoms with E-state index in [4.69, 9.17) is 0 Å². The number of urea groups is 1. The summed E-state index contributed by atoms with van der Waals surface area (Å²) in [7, 11) is 0. The van der Waals surface area contributed by atoms with Crippen molar-refractivity contribution in [2.24, 2.45) is 0 Å². The number of aryl methyl sites for hydroxylation is 1. The SMILES string of the molecule is Cc1cc(Br)ccc1NC(=O)N1CCN(c2ccccc2)CC1. The Balaban J connectivity index is 1.58. The van der Waals surface area contributed by atoms with Crippen molar-refractivity contribution in [3.8, 4) is 0 Å². The van der Waals surface area contributed by atoms with E-state index < -0.39 is 0 Å². The number of hydrogen-bond acceptors (Lipinski definition) is 2. The molecule has 0 radical (unpaired) electrons. The summed E-state index contributed by atoms with van der Waals surface area (Å²) in [6.45, 7) is 5.17. The van der Waals surface area contributed by atoms with Crippen molar-refractivity contribution in [1.29, 1.82) is 0 Å². The molecule has 0 aliphatic carbocycles. The third-order valence-corrected chi connectivity index (χ3v) is 4.61. The van der Waals surface area contributed by atoms with Gasteiger partial charge in [0.05, 0.1) is 0 Å². The van der Waals surface area contributed by atoms with Crippen LogP contribution in [0.5, 0.6) is 0 Å². The number of carbonyl (C=O) groups excluding carboxylic acids is 1. The number of halogens is 1. The highest BCUT2D eigenvalue weighted by molar-refractivity contribution is 9.10. The van der Waals surface area contributed by atoms with Crippen LogP contribution in [-0.2, 0) is 0 Å². The van der Waals surface area contributed by atoms with E-state index in [2.05, 4.69) is 38.3 Å². The quantitative estimate of drug-likeness (QED) is 0.859. The Labute approximate surface area is 145 Å². The number of hydrogen-bond donors (Lipinski definition) is 1. The van der Waals surface area contributed by atoms with Gasteiger partial charge in [0.2, 0.25) is 0 Å². The van der Waals surface area contributed by atoms with Crippen LogP contribution in [0.25, 0.3) is 0 Å². The first kappa shape index (κ1) is 15.9. The summed E-state index contributed by atoms with van der Waals surface area (Å²) in [5, 5.41) is 3.01. The van der Waals surface area contributed by atoms with Crippen molar-refractivity contribution in [1.82, 2.24) is 4.90 Å². The molecule has 23 heavy (non-hydrogen) atoms. The lowest BCUT2D eigenvalue weighted by Crippen LogP contribution is -2.50. The van der Waals surface area contributed by atoms with Crippen molar-refractivity contribution in [3.63, 3.8) is 0 Å². The zero-order valence-electron chi connectivity index (χ0n) is 13.1. The molecule has 0 bridgehead atoms. The van der Waals surface area contributed by atoms with Gasteiger partial charge in [0.1, 0.15) is 0 Å². The van der Waals surface area contributed by atoms with Crippen LogP contribution in [-0.4, -0.2) is 37.1 Å². The summed E-state index contributed by atoms with van der Waals surface area (Å²) in [5.74, 6) is 0. The average Bonchev–Trinajstić information content (AvgIpc) is 2.58. The van der Waals surface area contributed by atoms with E-state index in [-0.39, 0.29) is 6.03 Å². The Bertz CT molecular complexity index is 682. The molecule has 1 saturated heterocycles. The van der Waals surface area contributed by atoms with Gasteiger partial charge in [-0.3, -0.25) is 0 Å². The molecule has 0 aromatic heterocycles. The van der Waals surface area contributed by atoms with E-state index in [1.54, 1.807) is 0 Å². The predicted octanol–water partition coefficient (Wildman–Crippen LogP) is 4.11. The lowest BCUT2D eigenvalue weighted by atomic mass is 10.2. The van der Waals surface area contributed by atoms with E-state index in [0.717, 1.165) is 41.9 Å². The highest BCUT2D eigenvalue weighted by Gasteiger charge is 2.21. The van der Waals surface area contributed by atoms with Crippen LogP contribution in [0.4, 0.5) is 16.2 Å². The molecule has 1 aliphatic heterocycles. The molecule has 0 spiro atoms. The van der Waals surface area contributed by atoms with Crippen LogP contribution in [0.15, 0.2) is 53.0 Å². The number of piperazine rings is 1. The van der Waals surface area contributed by atoms with Gasteiger partial charge < -0.3 is 15.1 Å². The summed E-state index contributed by atoms with van der Waals surface area (Å²) in [4.78, 5) is 16.6. The Morgan fingerprint density at radius 1 is 1.04 bits per heavy atom. The third kappa shape index (κ3) is 3.85. The van der Waals surface area contributed by atoms with Gasteiger partial charge in [-0.15, -0.1) is 0 Å². The van der Waals surface area contributed by atoms with Gasteiger partial charge in [0.25, 0.3) is 0 Å². The van der Waals surface area contributed by atoms with Gasteiger partial charge in [0.15, 0.2) is 0 Å². The molecule has 1 N–H and O–H groups in total. The minimum atomic E-state index is -0.0249. The van der Waals surface area contributed by atoms with Crippen molar-refractivity contribution in [2.45, 2.75) is 6.92 Å². The number of para-hydroxylation sites is 1. The van der Waals surface area contributed by atoms with E-state index in [9.17, 15) is 4.79 Å². The van der Waals surface area contributed by atoms with E-state index in [1.807, 2.05) is 48.2 Å². The highest BCUT2D eigenvalue weighted by Crippen LogP contribution is 2.21. The molecule has 5 heteroatoms. The zero-order chi connectivity index (χ0) is 16.2. The average molecular weight is 374 g/mol. The van der Waals surface area contributed by atoms with Crippen LogP contribution in [0, 0.1) is 6.92 Å². The summed E-state index contributed by atoms with van der Waals surface area (Å²) >= 11 is 3.44. The summed E-state index contributed by atoms with van der Waals surface area (Å²) in [5.41, 5.74) is 3.13. The molecule has 3 rings (SSSR count). The minimum Gasteiger partial charge on any atom is -0.368 e. The Morgan fingerprint density at radius 3 is 2.39 bits per heavy atom. The Hall–Kier alpha value is -2.01. The number of amides is 2. The molecule has 2 aromatic rings. The first-order valence-corrected chi connectivity index (χ1v) is 8.55. The lowest BCUT2D eigenvalue weighted by molar-refractivity contribution is 0.208. The maximum Gasteiger partial charge on any atom is 0.321 e. The minimum absolute atomic E-state index is 0.0249. The smallest absolute Gasteiger partial charge is 0.321 e. The molecule has 2 aromatic carbocycles. The van der Waals surface area contributed by atoms with Crippen molar-refractivity contribution >= 4 is 33.3 Å². The van der Waals surface area contributed by atoms with Crippen LogP contribution in [0.2, 0.25) is 0 Å². The number of carbonyl (C=O) groups is 1. The second kappa shape index (κ2) is 7.04. The first-order valence-electron chi connectivity index (χ1n) is 7.75. The van der Waals surface area contributed by atoms with Crippen molar-refractivity contribution in [3.05, 3.63) is 58.6 Å². The molecule has 4 nitrogen and oxygen atoms in total. The van der Waals surface area contributed by atoms with Gasteiger partial charge in [-0.1, -0.05) is 34.1 Å². The normalized spacial score (nSPS) is 14.7. The first-order chi connectivity index (χ1) is 11.1. The number of nitrogens with zero attached hydrogens (tertiary/aromatic N) is 2. The molecule has 2 amide bonds. The second-order valence-corrected chi connectivity index (χ2v) is 6.61. The molecule has 1 fully saturated rings. The fourth-order valence-electron chi connectivity index (χ4n) is 2.77. The zero-order valence-corrected chi connectivity index (χ0v) is 14.7. The number of nitrogens with one attached hydrogen (secondary N) is 1. The number of benzene rings is 2. The van der Waals surface area contributed by atoms with Crippen molar-refractivity contribution < 1.29 is 4.79 Å². The van der Waals surface area contributed by atoms with Gasteiger partial charge in [-0.2, -0.15) is 0 Å². The van der Waals surface area contributed by atoms with Crippen LogP contribution >= 0.6 is 15.9 Å². The molecule has 0 unspecified atom stereocenters. The summed E-state index contributed by atoms with van der Waals surface area (Å²) in [6.07, 6.45) is 0. The second-order valence-electron chi connectivity index (χ2n) is 5.70. The largest absolute Gasteiger partial charge is 0.368 e. The van der Waals surface area contributed by atoms with Gasteiger partial charge in [-0.05, 0) is 42.8 Å². The Morgan fingerprint density at radius 2 is 1.74 bits per heavy atom. The molecule has 0 atom stereocenters. The fourth-order valence-corrected chi connectivity index (χ4v) is 3.24. The molecular formula is C18H20BrN3O. The third-order valence-electron chi connectivity index (χ3n) is 4.12. The molecule has 1 aliphatic rings. The van der Waals surface area contributed by atoms with Gasteiger partial charge in [-0.25, -0.2) is 4.79 Å². The van der Waals surface area contributed by atoms with Crippen molar-refractivity contribution in [2.75, 3.05) is 36.4 Å². The number of rotatable bonds is 2. The molecule has 0 saturated carbocycles. The van der Waals surface area contributed by atoms with E-state index in [0.29, 0.717) is 0 Å². The van der Waals surface area contributed by atoms with Gasteiger partial charge >= 0.3 is 6.03 Å².